The summed E-state index contributed by atoms with van der Waals surface area (Å²) < 4.78 is 5.61. The molecule has 2 aromatic rings. The molecule has 0 aliphatic carbocycles. The van der Waals surface area contributed by atoms with E-state index >= 15 is 0 Å². The third-order valence-corrected chi connectivity index (χ3v) is 3.23. The highest BCUT2D eigenvalue weighted by molar-refractivity contribution is 7.07. The Bertz CT molecular complexity index is 506. The number of rotatable bonds is 6. The van der Waals surface area contributed by atoms with Crippen LogP contribution in [-0.2, 0) is 17.6 Å². The molecule has 0 saturated carbocycles. The number of benzene rings is 1. The van der Waals surface area contributed by atoms with Gasteiger partial charge in [-0.3, -0.25) is 4.79 Å². The van der Waals surface area contributed by atoms with Gasteiger partial charge in [0.1, 0.15) is 5.75 Å². The fourth-order valence-corrected chi connectivity index (χ4v) is 2.34. The van der Waals surface area contributed by atoms with E-state index in [2.05, 4.69) is 11.4 Å². The van der Waals surface area contributed by atoms with Crippen molar-refractivity contribution in [1.82, 2.24) is 0 Å². The molecule has 1 aromatic carbocycles. The van der Waals surface area contributed by atoms with Crippen LogP contribution in [0.3, 0.4) is 0 Å². The molecule has 1 heterocycles. The van der Waals surface area contributed by atoms with Gasteiger partial charge in [0.15, 0.2) is 0 Å². The zero-order valence-electron chi connectivity index (χ0n) is 9.83. The number of thiophene rings is 1. The molecule has 0 radical (unpaired) electrons. The minimum Gasteiger partial charge on any atom is -0.493 e. The predicted molar refractivity (Wildman–Crippen MR) is 71.3 cm³/mol. The van der Waals surface area contributed by atoms with E-state index in [1.165, 1.54) is 5.56 Å². The van der Waals surface area contributed by atoms with Crippen molar-refractivity contribution in [2.45, 2.75) is 12.8 Å². The topological polar surface area (TPSA) is 46.5 Å². The van der Waals surface area contributed by atoms with Gasteiger partial charge in [0.2, 0.25) is 0 Å². The molecular formula is C14H14O3S. The van der Waals surface area contributed by atoms with Gasteiger partial charge in [-0.1, -0.05) is 12.1 Å². The Labute approximate surface area is 110 Å². The van der Waals surface area contributed by atoms with Crippen LogP contribution in [0.15, 0.2) is 41.1 Å². The van der Waals surface area contributed by atoms with E-state index in [1.54, 1.807) is 23.5 Å². The number of carbonyl (C=O) groups is 1. The highest BCUT2D eigenvalue weighted by Crippen LogP contribution is 2.15. The van der Waals surface area contributed by atoms with Crippen molar-refractivity contribution in [1.29, 1.82) is 0 Å². The second-order valence-electron chi connectivity index (χ2n) is 3.95. The Balaban J connectivity index is 1.87. The van der Waals surface area contributed by atoms with E-state index in [0.717, 1.165) is 17.7 Å². The second-order valence-corrected chi connectivity index (χ2v) is 4.73. The predicted octanol–water partition coefficient (Wildman–Crippen LogP) is 3.00. The first-order chi connectivity index (χ1) is 8.74. The van der Waals surface area contributed by atoms with Crippen LogP contribution in [0.25, 0.3) is 0 Å². The molecule has 0 spiro atoms. The third-order valence-electron chi connectivity index (χ3n) is 2.49. The van der Waals surface area contributed by atoms with E-state index in [9.17, 15) is 4.79 Å². The van der Waals surface area contributed by atoms with Crippen molar-refractivity contribution >= 4 is 17.3 Å². The lowest BCUT2D eigenvalue weighted by molar-refractivity contribution is -0.136. The van der Waals surface area contributed by atoms with Crippen LogP contribution in [0.2, 0.25) is 0 Å². The van der Waals surface area contributed by atoms with Crippen molar-refractivity contribution in [3.05, 3.63) is 52.2 Å². The molecule has 0 unspecified atom stereocenters. The summed E-state index contributed by atoms with van der Waals surface area (Å²) >= 11 is 1.67. The van der Waals surface area contributed by atoms with E-state index in [-0.39, 0.29) is 6.42 Å². The Morgan fingerprint density at radius 2 is 2.17 bits per heavy atom. The van der Waals surface area contributed by atoms with Gasteiger partial charge >= 0.3 is 5.97 Å². The maximum Gasteiger partial charge on any atom is 0.307 e. The number of carboxylic acids is 1. The first kappa shape index (κ1) is 12.6. The molecule has 0 saturated heterocycles. The van der Waals surface area contributed by atoms with Gasteiger partial charge < -0.3 is 9.84 Å². The summed E-state index contributed by atoms with van der Waals surface area (Å²) in [6.45, 7) is 0.604. The summed E-state index contributed by atoms with van der Waals surface area (Å²) in [5, 5.41) is 12.9. The van der Waals surface area contributed by atoms with Crippen molar-refractivity contribution in [2.75, 3.05) is 6.61 Å². The molecule has 0 amide bonds. The van der Waals surface area contributed by atoms with E-state index in [4.69, 9.17) is 9.84 Å². The summed E-state index contributed by atoms with van der Waals surface area (Å²) in [5.74, 6) is -0.102. The molecule has 0 bridgehead atoms. The van der Waals surface area contributed by atoms with Gasteiger partial charge in [-0.15, -0.1) is 0 Å². The monoisotopic (exact) mass is 262 g/mol. The van der Waals surface area contributed by atoms with Crippen LogP contribution in [0.1, 0.15) is 11.1 Å². The molecule has 1 N–H and O–H groups in total. The number of carboxylic acid groups (broad SMARTS) is 1. The molecule has 0 atom stereocenters. The average molecular weight is 262 g/mol. The zero-order valence-corrected chi connectivity index (χ0v) is 10.7. The number of hydrogen-bond acceptors (Lipinski definition) is 3. The fourth-order valence-electron chi connectivity index (χ4n) is 1.64. The molecule has 94 valence electrons. The molecular weight excluding hydrogens is 248 g/mol. The van der Waals surface area contributed by atoms with E-state index in [0.29, 0.717) is 6.61 Å². The average Bonchev–Trinajstić information content (AvgIpc) is 2.82. The Kier molecular flexibility index (Phi) is 4.36. The highest BCUT2D eigenvalue weighted by Gasteiger charge is 2.02. The largest absolute Gasteiger partial charge is 0.493 e. The van der Waals surface area contributed by atoms with Crippen molar-refractivity contribution in [3.8, 4) is 5.75 Å². The molecule has 1 aromatic heterocycles. The standard InChI is InChI=1S/C14H14O3S/c15-14(16)9-12-2-1-3-13(8-12)17-6-4-11-5-7-18-10-11/h1-3,5,7-8,10H,4,6,9H2,(H,15,16). The lowest BCUT2D eigenvalue weighted by Gasteiger charge is -2.06. The Morgan fingerprint density at radius 1 is 1.28 bits per heavy atom. The molecule has 0 aliphatic heterocycles. The minimum atomic E-state index is -0.828. The third kappa shape index (κ3) is 3.89. The fraction of sp³-hybridized carbons (Fsp3) is 0.214. The zero-order chi connectivity index (χ0) is 12.8. The van der Waals surface area contributed by atoms with E-state index in [1.807, 2.05) is 17.5 Å². The minimum absolute atomic E-state index is 0.0295. The Morgan fingerprint density at radius 3 is 2.89 bits per heavy atom. The Hall–Kier alpha value is -1.81. The van der Waals surface area contributed by atoms with Crippen molar-refractivity contribution in [2.24, 2.45) is 0 Å². The first-order valence-corrected chi connectivity index (χ1v) is 6.63. The molecule has 0 aliphatic rings. The van der Waals surface area contributed by atoms with Gasteiger partial charge in [-0.25, -0.2) is 0 Å². The van der Waals surface area contributed by atoms with Gasteiger partial charge in [-0.2, -0.15) is 11.3 Å². The number of hydrogen-bond donors (Lipinski definition) is 1. The van der Waals surface area contributed by atoms with Gasteiger partial charge in [0, 0.05) is 6.42 Å². The summed E-state index contributed by atoms with van der Waals surface area (Å²) in [7, 11) is 0. The maximum absolute atomic E-state index is 10.6. The second kappa shape index (κ2) is 6.21. The van der Waals surface area contributed by atoms with Crippen LogP contribution >= 0.6 is 11.3 Å². The maximum atomic E-state index is 10.6. The van der Waals surface area contributed by atoms with Crippen molar-refractivity contribution < 1.29 is 14.6 Å². The molecule has 18 heavy (non-hydrogen) atoms. The van der Waals surface area contributed by atoms with E-state index < -0.39 is 5.97 Å². The van der Waals surface area contributed by atoms with Gasteiger partial charge in [-0.05, 0) is 40.1 Å². The first-order valence-electron chi connectivity index (χ1n) is 5.68. The highest BCUT2D eigenvalue weighted by atomic mass is 32.1. The lowest BCUT2D eigenvalue weighted by Crippen LogP contribution is -2.03. The quantitative estimate of drug-likeness (QED) is 0.870. The van der Waals surface area contributed by atoms with Crippen LogP contribution in [0, 0.1) is 0 Å². The summed E-state index contributed by atoms with van der Waals surface area (Å²) in [6.07, 6.45) is 0.897. The summed E-state index contributed by atoms with van der Waals surface area (Å²) in [6, 6.07) is 9.31. The molecule has 0 fully saturated rings. The molecule has 4 heteroatoms. The number of aliphatic carboxylic acids is 1. The van der Waals surface area contributed by atoms with Crippen LogP contribution in [0.5, 0.6) is 5.75 Å². The SMILES string of the molecule is O=C(O)Cc1cccc(OCCc2ccsc2)c1. The summed E-state index contributed by atoms with van der Waals surface area (Å²) in [5.41, 5.74) is 2.03. The normalized spacial score (nSPS) is 10.2. The molecule has 2 rings (SSSR count). The number of ether oxygens (including phenoxy) is 1. The lowest BCUT2D eigenvalue weighted by atomic mass is 10.1. The van der Waals surface area contributed by atoms with Gasteiger partial charge in [0.25, 0.3) is 0 Å². The van der Waals surface area contributed by atoms with Crippen LogP contribution < -0.4 is 4.74 Å². The van der Waals surface area contributed by atoms with Crippen LogP contribution in [0.4, 0.5) is 0 Å². The van der Waals surface area contributed by atoms with Gasteiger partial charge in [0.05, 0.1) is 13.0 Å². The van der Waals surface area contributed by atoms with Crippen LogP contribution in [-0.4, -0.2) is 17.7 Å². The molecule has 3 nitrogen and oxygen atoms in total. The van der Waals surface area contributed by atoms with Crippen molar-refractivity contribution in [3.63, 3.8) is 0 Å². The summed E-state index contributed by atoms with van der Waals surface area (Å²) in [4.78, 5) is 10.6. The smallest absolute Gasteiger partial charge is 0.307 e.